The van der Waals surface area contributed by atoms with E-state index in [2.05, 4.69) is 14.5 Å². The van der Waals surface area contributed by atoms with Gasteiger partial charge in [0, 0.05) is 6.07 Å². The third-order valence-corrected chi connectivity index (χ3v) is 1.62. The van der Waals surface area contributed by atoms with Crippen molar-refractivity contribution in [3.63, 3.8) is 0 Å². The van der Waals surface area contributed by atoms with E-state index < -0.39 is 35.6 Å². The largest absolute Gasteiger partial charge is 0.573 e. The molecule has 0 saturated heterocycles. The maximum Gasteiger partial charge on any atom is 0.573 e. The van der Waals surface area contributed by atoms with E-state index in [1.165, 1.54) is 0 Å². The number of ether oxygens (including phenoxy) is 2. The van der Waals surface area contributed by atoms with Crippen LogP contribution in [0.1, 0.15) is 5.69 Å². The van der Waals surface area contributed by atoms with Gasteiger partial charge in [-0.3, -0.25) is 0 Å². The average Bonchev–Trinajstić information content (AvgIpc) is 2.13. The van der Waals surface area contributed by atoms with Gasteiger partial charge in [0.15, 0.2) is 17.2 Å². The third kappa shape index (κ3) is 3.31. The first-order valence-electron chi connectivity index (χ1n) is 4.15. The summed E-state index contributed by atoms with van der Waals surface area (Å²) in [5.74, 6) is -3.53. The van der Waals surface area contributed by atoms with Crippen molar-refractivity contribution in [2.75, 3.05) is 7.11 Å². The predicted octanol–water partition coefficient (Wildman–Crippen LogP) is 2.71. The van der Waals surface area contributed by atoms with Crippen molar-refractivity contribution in [2.24, 2.45) is 0 Å². The van der Waals surface area contributed by atoms with Gasteiger partial charge in [0.2, 0.25) is 0 Å². The molecule has 10 heteroatoms. The summed E-state index contributed by atoms with van der Waals surface area (Å²) in [5.41, 5.74) is -1.95. The molecule has 18 heavy (non-hydrogen) atoms. The molecule has 1 N–H and O–H groups in total. The summed E-state index contributed by atoms with van der Waals surface area (Å²) in [5, 5.41) is 9.08. The van der Waals surface area contributed by atoms with Crippen LogP contribution in [0.15, 0.2) is 6.07 Å². The normalized spacial score (nSPS) is 12.4. The summed E-state index contributed by atoms with van der Waals surface area (Å²) in [7, 11) is 0.895. The van der Waals surface area contributed by atoms with E-state index in [9.17, 15) is 26.3 Å². The van der Waals surface area contributed by atoms with E-state index in [4.69, 9.17) is 5.11 Å². The van der Waals surface area contributed by atoms with E-state index in [0.717, 1.165) is 7.11 Å². The van der Waals surface area contributed by atoms with Crippen LogP contribution in [-0.2, 0) is 6.18 Å². The molecule has 0 bridgehead atoms. The van der Waals surface area contributed by atoms with Crippen molar-refractivity contribution in [2.45, 2.75) is 12.5 Å². The number of hydrogen-bond acceptors (Lipinski definition) is 4. The fourth-order valence-corrected chi connectivity index (χ4v) is 1.02. The number of rotatable bonds is 2. The Morgan fingerprint density at radius 2 is 1.72 bits per heavy atom. The summed E-state index contributed by atoms with van der Waals surface area (Å²) in [6.07, 6.45) is -10.5. The second kappa shape index (κ2) is 4.42. The van der Waals surface area contributed by atoms with Crippen LogP contribution < -0.4 is 9.47 Å². The Bertz CT molecular complexity index is 442. The monoisotopic (exact) mass is 277 g/mol. The highest BCUT2D eigenvalue weighted by molar-refractivity contribution is 5.43. The molecule has 1 rings (SSSR count). The minimum atomic E-state index is -5.34. The lowest BCUT2D eigenvalue weighted by Gasteiger charge is -2.15. The van der Waals surface area contributed by atoms with E-state index >= 15 is 0 Å². The highest BCUT2D eigenvalue weighted by Gasteiger charge is 2.42. The van der Waals surface area contributed by atoms with Crippen LogP contribution in [0.3, 0.4) is 0 Å². The number of hydrogen-bond donors (Lipinski definition) is 1. The number of halogens is 6. The summed E-state index contributed by atoms with van der Waals surface area (Å²) in [6, 6.07) is 0.127. The van der Waals surface area contributed by atoms with E-state index in [0.29, 0.717) is 0 Å². The first-order valence-corrected chi connectivity index (χ1v) is 4.15. The first-order chi connectivity index (χ1) is 8.04. The molecule has 0 unspecified atom stereocenters. The van der Waals surface area contributed by atoms with E-state index in [1.807, 2.05) is 0 Å². The molecular formula is C8H5F6NO3. The maximum atomic E-state index is 12.4. The number of nitrogens with zero attached hydrogens (tertiary/aromatic N) is 1. The quantitative estimate of drug-likeness (QED) is 0.844. The molecular weight excluding hydrogens is 272 g/mol. The molecule has 0 aliphatic carbocycles. The number of aromatic hydroxyl groups is 1. The predicted molar refractivity (Wildman–Crippen MR) is 44.1 cm³/mol. The maximum absolute atomic E-state index is 12.4. The Kier molecular flexibility index (Phi) is 3.49. The Morgan fingerprint density at radius 1 is 1.17 bits per heavy atom. The zero-order chi connectivity index (χ0) is 14.1. The second-order valence-electron chi connectivity index (χ2n) is 2.91. The van der Waals surface area contributed by atoms with Gasteiger partial charge >= 0.3 is 12.5 Å². The van der Waals surface area contributed by atoms with Crippen LogP contribution in [0.5, 0.6) is 17.4 Å². The Morgan fingerprint density at radius 3 is 2.11 bits per heavy atom. The molecule has 0 aromatic carbocycles. The van der Waals surface area contributed by atoms with Crippen molar-refractivity contribution in [1.29, 1.82) is 0 Å². The van der Waals surface area contributed by atoms with Crippen LogP contribution in [0, 0.1) is 0 Å². The summed E-state index contributed by atoms with van der Waals surface area (Å²) in [6.45, 7) is 0. The molecule has 1 heterocycles. The van der Waals surface area contributed by atoms with Crippen LogP contribution in [0.25, 0.3) is 0 Å². The molecule has 0 amide bonds. The van der Waals surface area contributed by atoms with Crippen LogP contribution in [0.2, 0.25) is 0 Å². The fraction of sp³-hybridized carbons (Fsp3) is 0.375. The lowest BCUT2D eigenvalue weighted by atomic mass is 10.3. The molecule has 4 nitrogen and oxygen atoms in total. The molecule has 0 aliphatic rings. The highest BCUT2D eigenvalue weighted by atomic mass is 19.4. The molecule has 0 atom stereocenters. The van der Waals surface area contributed by atoms with Gasteiger partial charge in [0.05, 0.1) is 7.11 Å². The number of aromatic nitrogens is 1. The lowest BCUT2D eigenvalue weighted by molar-refractivity contribution is -0.276. The van der Waals surface area contributed by atoms with Crippen LogP contribution in [-0.4, -0.2) is 23.6 Å². The van der Waals surface area contributed by atoms with Crippen LogP contribution in [0.4, 0.5) is 26.3 Å². The molecule has 1 aromatic rings. The standard InChI is InChI=1S/C8H5F6NO3/c1-17-6-3(16)2-4(18-8(12,13)14)5(15-6)7(9,10)11/h2,16H,1H3. The van der Waals surface area contributed by atoms with Crippen molar-refractivity contribution in [3.8, 4) is 17.4 Å². The Balaban J connectivity index is 3.35. The summed E-state index contributed by atoms with van der Waals surface area (Å²) >= 11 is 0. The minimum absolute atomic E-state index is 0.127. The first kappa shape index (κ1) is 14.2. The van der Waals surface area contributed by atoms with Crippen molar-refractivity contribution in [3.05, 3.63) is 11.8 Å². The average molecular weight is 277 g/mol. The van der Waals surface area contributed by atoms with Gasteiger partial charge in [-0.15, -0.1) is 13.2 Å². The van der Waals surface area contributed by atoms with Gasteiger partial charge < -0.3 is 14.6 Å². The summed E-state index contributed by atoms with van der Waals surface area (Å²) in [4.78, 5) is 2.72. The van der Waals surface area contributed by atoms with Gasteiger partial charge in [0.1, 0.15) is 0 Å². The second-order valence-corrected chi connectivity index (χ2v) is 2.91. The van der Waals surface area contributed by atoms with Gasteiger partial charge in [-0.05, 0) is 0 Å². The van der Waals surface area contributed by atoms with Crippen molar-refractivity contribution in [1.82, 2.24) is 4.98 Å². The van der Waals surface area contributed by atoms with Gasteiger partial charge in [-0.25, -0.2) is 4.98 Å². The fourth-order valence-electron chi connectivity index (χ4n) is 1.02. The number of pyridine rings is 1. The van der Waals surface area contributed by atoms with E-state index in [-0.39, 0.29) is 6.07 Å². The van der Waals surface area contributed by atoms with Crippen molar-refractivity contribution < 1.29 is 40.9 Å². The smallest absolute Gasteiger partial charge is 0.503 e. The van der Waals surface area contributed by atoms with Gasteiger partial charge in [-0.1, -0.05) is 0 Å². The highest BCUT2D eigenvalue weighted by Crippen LogP contribution is 2.41. The SMILES string of the molecule is COc1nc(C(F)(F)F)c(OC(F)(F)F)cc1O. The molecule has 102 valence electrons. The number of methoxy groups -OCH3 is 1. The van der Waals surface area contributed by atoms with E-state index in [1.54, 1.807) is 0 Å². The summed E-state index contributed by atoms with van der Waals surface area (Å²) < 4.78 is 80.4. The van der Waals surface area contributed by atoms with Crippen molar-refractivity contribution >= 4 is 0 Å². The Labute approximate surface area is 95.8 Å². The third-order valence-electron chi connectivity index (χ3n) is 1.62. The molecule has 0 spiro atoms. The molecule has 0 aliphatic heterocycles. The number of alkyl halides is 6. The lowest BCUT2D eigenvalue weighted by Crippen LogP contribution is -2.21. The molecule has 0 fully saturated rings. The molecule has 0 saturated carbocycles. The van der Waals surface area contributed by atoms with Crippen LogP contribution >= 0.6 is 0 Å². The zero-order valence-corrected chi connectivity index (χ0v) is 8.56. The topological polar surface area (TPSA) is 51.6 Å². The molecule has 0 radical (unpaired) electrons. The molecule has 1 aromatic heterocycles. The zero-order valence-electron chi connectivity index (χ0n) is 8.56. The van der Waals surface area contributed by atoms with Gasteiger partial charge in [-0.2, -0.15) is 13.2 Å². The Hall–Kier alpha value is -1.87. The minimum Gasteiger partial charge on any atom is -0.503 e. The van der Waals surface area contributed by atoms with Gasteiger partial charge in [0.25, 0.3) is 5.88 Å².